The van der Waals surface area contributed by atoms with E-state index in [0.717, 1.165) is 0 Å². The van der Waals surface area contributed by atoms with Gasteiger partial charge in [-0.25, -0.2) is 0 Å². The topological polar surface area (TPSA) is 49.7 Å². The Labute approximate surface area is 47.2 Å². The van der Waals surface area contributed by atoms with Crippen LogP contribution in [0.5, 0.6) is 0 Å². The summed E-state index contributed by atoms with van der Waals surface area (Å²) in [5.41, 5.74) is 0. The first-order chi connectivity index (χ1) is 3.80. The molecule has 0 unspecified atom stereocenters. The van der Waals surface area contributed by atoms with Gasteiger partial charge in [0.15, 0.2) is 0 Å². The van der Waals surface area contributed by atoms with Crippen LogP contribution in [0.15, 0.2) is 12.3 Å². The smallest absolute Gasteiger partial charge is 0.117 e. The molecule has 3 heteroatoms. The van der Waals surface area contributed by atoms with Crippen molar-refractivity contribution in [3.8, 4) is 0 Å². The Bertz CT molecular complexity index is 99.8. The zero-order valence-corrected chi connectivity index (χ0v) is 4.32. The molecule has 1 rings (SSSR count). The van der Waals surface area contributed by atoms with Gasteiger partial charge in [0.25, 0.3) is 0 Å². The van der Waals surface area contributed by atoms with Crippen molar-refractivity contribution < 1.29 is 14.9 Å². The van der Waals surface area contributed by atoms with Crippen LogP contribution in [0.4, 0.5) is 0 Å². The summed E-state index contributed by atoms with van der Waals surface area (Å²) >= 11 is 0. The third kappa shape index (κ3) is 0.993. The summed E-state index contributed by atoms with van der Waals surface area (Å²) in [5.74, 6) is 0. The van der Waals surface area contributed by atoms with Gasteiger partial charge in [-0.3, -0.25) is 0 Å². The van der Waals surface area contributed by atoms with E-state index >= 15 is 0 Å². The lowest BCUT2D eigenvalue weighted by molar-refractivity contribution is -0.0108. The first-order valence-corrected chi connectivity index (χ1v) is 2.45. The van der Waals surface area contributed by atoms with Crippen LogP contribution in [0.3, 0.4) is 0 Å². The van der Waals surface area contributed by atoms with Gasteiger partial charge in [-0.05, 0) is 6.08 Å². The van der Waals surface area contributed by atoms with E-state index in [0.29, 0.717) is 0 Å². The van der Waals surface area contributed by atoms with Crippen LogP contribution in [0.25, 0.3) is 0 Å². The number of hydrogen-bond donors (Lipinski definition) is 2. The largest absolute Gasteiger partial charge is 0.499 e. The second-order valence-corrected chi connectivity index (χ2v) is 1.72. The minimum absolute atomic E-state index is 0.192. The summed E-state index contributed by atoms with van der Waals surface area (Å²) < 4.78 is 4.66. The standard InChI is InChI=1S/C5H8O3/c6-4-1-2-8-3-5(4)7/h1-2,4-7H,3H2/t4-,5+/m1/s1. The fourth-order valence-corrected chi connectivity index (χ4v) is 0.517. The van der Waals surface area contributed by atoms with Gasteiger partial charge in [0, 0.05) is 0 Å². The third-order valence-corrected chi connectivity index (χ3v) is 1.03. The average Bonchev–Trinajstić information content (AvgIpc) is 1.77. The predicted molar refractivity (Wildman–Crippen MR) is 27.1 cm³/mol. The maximum atomic E-state index is 8.76. The van der Waals surface area contributed by atoms with Gasteiger partial charge in [0.1, 0.15) is 18.8 Å². The van der Waals surface area contributed by atoms with Crippen molar-refractivity contribution in [2.24, 2.45) is 0 Å². The molecule has 1 aliphatic rings. The molecule has 1 aliphatic heterocycles. The van der Waals surface area contributed by atoms with E-state index in [9.17, 15) is 0 Å². The van der Waals surface area contributed by atoms with Crippen LogP contribution in [-0.4, -0.2) is 29.0 Å². The van der Waals surface area contributed by atoms with E-state index in [1.807, 2.05) is 0 Å². The van der Waals surface area contributed by atoms with Gasteiger partial charge in [-0.15, -0.1) is 0 Å². The monoisotopic (exact) mass is 116 g/mol. The fraction of sp³-hybridized carbons (Fsp3) is 0.600. The van der Waals surface area contributed by atoms with Crippen LogP contribution in [0.1, 0.15) is 0 Å². The molecule has 0 radical (unpaired) electrons. The predicted octanol–water partition coefficient (Wildman–Crippen LogP) is -0.748. The maximum Gasteiger partial charge on any atom is 0.117 e. The highest BCUT2D eigenvalue weighted by Gasteiger charge is 2.15. The highest BCUT2D eigenvalue weighted by atomic mass is 16.5. The van der Waals surface area contributed by atoms with Crippen molar-refractivity contribution in [2.75, 3.05) is 6.61 Å². The molecule has 2 N–H and O–H groups in total. The van der Waals surface area contributed by atoms with Crippen molar-refractivity contribution in [3.05, 3.63) is 12.3 Å². The molecule has 0 aliphatic carbocycles. The van der Waals surface area contributed by atoms with Crippen molar-refractivity contribution >= 4 is 0 Å². The summed E-state index contributed by atoms with van der Waals surface area (Å²) in [5, 5.41) is 17.5. The summed E-state index contributed by atoms with van der Waals surface area (Å²) in [4.78, 5) is 0. The van der Waals surface area contributed by atoms with Crippen molar-refractivity contribution in [1.29, 1.82) is 0 Å². The Morgan fingerprint density at radius 2 is 2.25 bits per heavy atom. The lowest BCUT2D eigenvalue weighted by atomic mass is 10.2. The molecule has 2 atom stereocenters. The van der Waals surface area contributed by atoms with E-state index in [4.69, 9.17) is 10.2 Å². The zero-order valence-electron chi connectivity index (χ0n) is 4.32. The quantitative estimate of drug-likeness (QED) is 0.438. The molecule has 0 bridgehead atoms. The number of ether oxygens (including phenoxy) is 1. The van der Waals surface area contributed by atoms with Gasteiger partial charge < -0.3 is 14.9 Å². The van der Waals surface area contributed by atoms with Gasteiger partial charge in [-0.1, -0.05) is 0 Å². The van der Waals surface area contributed by atoms with Crippen LogP contribution in [0.2, 0.25) is 0 Å². The number of aliphatic hydroxyl groups excluding tert-OH is 2. The molecule has 0 aromatic rings. The minimum Gasteiger partial charge on any atom is -0.499 e. The fourth-order valence-electron chi connectivity index (χ4n) is 0.517. The molecular weight excluding hydrogens is 108 g/mol. The molecule has 3 nitrogen and oxygen atoms in total. The summed E-state index contributed by atoms with van der Waals surface area (Å²) in [6, 6.07) is 0. The number of rotatable bonds is 0. The first kappa shape index (κ1) is 5.59. The lowest BCUT2D eigenvalue weighted by Crippen LogP contribution is -2.30. The van der Waals surface area contributed by atoms with E-state index in [1.165, 1.54) is 12.3 Å². The average molecular weight is 116 g/mol. The van der Waals surface area contributed by atoms with E-state index in [-0.39, 0.29) is 6.61 Å². The van der Waals surface area contributed by atoms with Crippen molar-refractivity contribution in [1.82, 2.24) is 0 Å². The molecule has 46 valence electrons. The minimum atomic E-state index is -0.750. The maximum absolute atomic E-state index is 8.76. The Morgan fingerprint density at radius 3 is 2.62 bits per heavy atom. The normalized spacial score (nSPS) is 36.8. The molecule has 0 aromatic heterocycles. The van der Waals surface area contributed by atoms with Gasteiger partial charge in [-0.2, -0.15) is 0 Å². The summed E-state index contributed by atoms with van der Waals surface area (Å²) in [6.45, 7) is 0.192. The van der Waals surface area contributed by atoms with Crippen molar-refractivity contribution in [2.45, 2.75) is 12.2 Å². The van der Waals surface area contributed by atoms with E-state index < -0.39 is 12.2 Å². The zero-order chi connectivity index (χ0) is 5.98. The van der Waals surface area contributed by atoms with Crippen LogP contribution in [-0.2, 0) is 4.74 Å². The molecule has 8 heavy (non-hydrogen) atoms. The molecule has 0 aromatic carbocycles. The lowest BCUT2D eigenvalue weighted by Gasteiger charge is -2.17. The third-order valence-electron chi connectivity index (χ3n) is 1.03. The number of aliphatic hydroxyl groups is 2. The molecule has 1 heterocycles. The molecule has 0 amide bonds. The molecular formula is C5H8O3. The summed E-state index contributed by atoms with van der Waals surface area (Å²) in [7, 11) is 0. The van der Waals surface area contributed by atoms with Crippen LogP contribution < -0.4 is 0 Å². The first-order valence-electron chi connectivity index (χ1n) is 2.45. The Morgan fingerprint density at radius 1 is 1.50 bits per heavy atom. The summed E-state index contributed by atoms with van der Waals surface area (Å²) in [6.07, 6.45) is 1.30. The van der Waals surface area contributed by atoms with Gasteiger partial charge >= 0.3 is 0 Å². The van der Waals surface area contributed by atoms with Gasteiger partial charge in [0.2, 0.25) is 0 Å². The highest BCUT2D eigenvalue weighted by Crippen LogP contribution is 2.02. The molecule has 0 saturated heterocycles. The Hall–Kier alpha value is -0.540. The molecule has 0 spiro atoms. The SMILES string of the molecule is O[C@@H]1C=COC[C@@H]1O. The van der Waals surface area contributed by atoms with E-state index in [1.54, 1.807) is 0 Å². The second kappa shape index (κ2) is 2.15. The number of hydrogen-bond acceptors (Lipinski definition) is 3. The van der Waals surface area contributed by atoms with Crippen LogP contribution in [0, 0.1) is 0 Å². The van der Waals surface area contributed by atoms with Crippen molar-refractivity contribution in [3.63, 3.8) is 0 Å². The van der Waals surface area contributed by atoms with Crippen LogP contribution >= 0.6 is 0 Å². The van der Waals surface area contributed by atoms with E-state index in [2.05, 4.69) is 4.74 Å². The highest BCUT2D eigenvalue weighted by molar-refractivity contribution is 4.91. The van der Waals surface area contributed by atoms with Gasteiger partial charge in [0.05, 0.1) is 6.26 Å². The molecule has 0 fully saturated rings. The molecule has 0 saturated carbocycles. The Balaban J connectivity index is 2.47. The Kier molecular flexibility index (Phi) is 1.50. The second-order valence-electron chi connectivity index (χ2n) is 1.72.